The van der Waals surface area contributed by atoms with Gasteiger partial charge in [-0.1, -0.05) is 11.6 Å². The maximum atomic E-state index is 12.3. The topological polar surface area (TPSA) is 34.1 Å². The molecule has 0 radical (unpaired) electrons. The van der Waals surface area contributed by atoms with Crippen molar-refractivity contribution in [3.8, 4) is 5.75 Å². The van der Waals surface area contributed by atoms with Crippen molar-refractivity contribution in [3.63, 3.8) is 0 Å². The summed E-state index contributed by atoms with van der Waals surface area (Å²) in [6.07, 6.45) is 1.73. The Labute approximate surface area is 124 Å². The minimum Gasteiger partial charge on any atom is -0.434 e. The SMILES string of the molecule is CC(NCc1cc(Cl)ccc1OC(F)F)c1nccs1. The maximum absolute atomic E-state index is 12.3. The van der Waals surface area contributed by atoms with Gasteiger partial charge in [0, 0.05) is 28.7 Å². The molecular formula is C13H13ClF2N2OS. The summed E-state index contributed by atoms with van der Waals surface area (Å²) in [5.74, 6) is 0.128. The molecule has 3 nitrogen and oxygen atoms in total. The Morgan fingerprint density at radius 1 is 1.45 bits per heavy atom. The first-order valence-corrected chi connectivity index (χ1v) is 7.18. The Bertz CT molecular complexity index is 551. The maximum Gasteiger partial charge on any atom is 0.387 e. The van der Waals surface area contributed by atoms with Crippen molar-refractivity contribution in [2.45, 2.75) is 26.1 Å². The monoisotopic (exact) mass is 318 g/mol. The fourth-order valence-electron chi connectivity index (χ4n) is 1.70. The van der Waals surface area contributed by atoms with Crippen LogP contribution in [0.5, 0.6) is 5.75 Å². The molecule has 0 saturated heterocycles. The molecule has 1 unspecified atom stereocenters. The van der Waals surface area contributed by atoms with Gasteiger partial charge in [-0.15, -0.1) is 11.3 Å². The minimum atomic E-state index is -2.86. The zero-order chi connectivity index (χ0) is 14.5. The van der Waals surface area contributed by atoms with Gasteiger partial charge in [0.2, 0.25) is 0 Å². The lowest BCUT2D eigenvalue weighted by molar-refractivity contribution is -0.0505. The van der Waals surface area contributed by atoms with Crippen LogP contribution in [-0.4, -0.2) is 11.6 Å². The molecule has 108 valence electrons. The fraction of sp³-hybridized carbons (Fsp3) is 0.308. The fourth-order valence-corrected chi connectivity index (χ4v) is 2.56. The van der Waals surface area contributed by atoms with Gasteiger partial charge in [0.25, 0.3) is 0 Å². The molecule has 0 fully saturated rings. The van der Waals surface area contributed by atoms with Gasteiger partial charge >= 0.3 is 6.61 Å². The second-order valence-electron chi connectivity index (χ2n) is 4.10. The van der Waals surface area contributed by atoms with Gasteiger partial charge in [0.05, 0.1) is 6.04 Å². The Balaban J connectivity index is 2.06. The average molecular weight is 319 g/mol. The first-order valence-electron chi connectivity index (χ1n) is 5.92. The van der Waals surface area contributed by atoms with Crippen LogP contribution in [0.2, 0.25) is 5.02 Å². The van der Waals surface area contributed by atoms with Crippen LogP contribution in [0.4, 0.5) is 8.78 Å². The average Bonchev–Trinajstić information content (AvgIpc) is 2.92. The molecule has 0 aliphatic carbocycles. The lowest BCUT2D eigenvalue weighted by Crippen LogP contribution is -2.18. The Morgan fingerprint density at radius 2 is 2.25 bits per heavy atom. The zero-order valence-corrected chi connectivity index (χ0v) is 12.2. The highest BCUT2D eigenvalue weighted by atomic mass is 35.5. The van der Waals surface area contributed by atoms with Crippen LogP contribution in [0.15, 0.2) is 29.8 Å². The highest BCUT2D eigenvalue weighted by molar-refractivity contribution is 7.09. The second kappa shape index (κ2) is 6.97. The number of thiazole rings is 1. The van der Waals surface area contributed by atoms with Crippen LogP contribution in [0.25, 0.3) is 0 Å². The molecule has 1 N–H and O–H groups in total. The van der Waals surface area contributed by atoms with E-state index in [4.69, 9.17) is 11.6 Å². The van der Waals surface area contributed by atoms with Crippen LogP contribution >= 0.6 is 22.9 Å². The van der Waals surface area contributed by atoms with E-state index in [1.807, 2.05) is 12.3 Å². The number of hydrogen-bond acceptors (Lipinski definition) is 4. The quantitative estimate of drug-likeness (QED) is 0.864. The Morgan fingerprint density at radius 3 is 2.90 bits per heavy atom. The number of hydrogen-bond donors (Lipinski definition) is 1. The molecule has 0 spiro atoms. The molecule has 0 aliphatic rings. The molecule has 0 aliphatic heterocycles. The van der Waals surface area contributed by atoms with Gasteiger partial charge in [-0.05, 0) is 25.1 Å². The predicted octanol–water partition coefficient (Wildman–Crippen LogP) is 4.25. The second-order valence-corrected chi connectivity index (χ2v) is 5.47. The number of alkyl halides is 2. The molecule has 1 aromatic carbocycles. The standard InChI is InChI=1S/C13H13ClF2N2OS/c1-8(12-17-4-5-20-12)18-7-9-6-10(14)2-3-11(9)19-13(15)16/h2-6,8,13,18H,7H2,1H3. The number of benzene rings is 1. The summed E-state index contributed by atoms with van der Waals surface area (Å²) in [6, 6.07) is 4.60. The van der Waals surface area contributed by atoms with E-state index in [1.54, 1.807) is 12.3 Å². The Hall–Kier alpha value is -1.24. The van der Waals surface area contributed by atoms with E-state index in [2.05, 4.69) is 15.0 Å². The van der Waals surface area contributed by atoms with E-state index in [9.17, 15) is 8.78 Å². The van der Waals surface area contributed by atoms with Gasteiger partial charge in [-0.25, -0.2) is 4.98 Å². The molecule has 7 heteroatoms. The van der Waals surface area contributed by atoms with Crippen LogP contribution in [-0.2, 0) is 6.54 Å². The predicted molar refractivity (Wildman–Crippen MR) is 75.5 cm³/mol. The number of rotatable bonds is 6. The van der Waals surface area contributed by atoms with E-state index >= 15 is 0 Å². The van der Waals surface area contributed by atoms with Crippen LogP contribution in [0, 0.1) is 0 Å². The normalized spacial score (nSPS) is 12.7. The number of nitrogens with one attached hydrogen (secondary N) is 1. The van der Waals surface area contributed by atoms with E-state index in [1.165, 1.54) is 23.5 Å². The van der Waals surface area contributed by atoms with E-state index in [-0.39, 0.29) is 11.8 Å². The minimum absolute atomic E-state index is 0.0216. The molecule has 1 heterocycles. The molecule has 1 aromatic heterocycles. The van der Waals surface area contributed by atoms with Gasteiger partial charge in [0.1, 0.15) is 10.8 Å². The van der Waals surface area contributed by atoms with Crippen LogP contribution in [0.3, 0.4) is 0 Å². The number of halogens is 3. The van der Waals surface area contributed by atoms with Gasteiger partial charge in [-0.2, -0.15) is 8.78 Å². The van der Waals surface area contributed by atoms with Crippen LogP contribution < -0.4 is 10.1 Å². The third-order valence-corrected chi connectivity index (χ3v) is 3.85. The zero-order valence-electron chi connectivity index (χ0n) is 10.6. The molecule has 0 amide bonds. The summed E-state index contributed by atoms with van der Waals surface area (Å²) in [4.78, 5) is 4.20. The molecular weight excluding hydrogens is 306 g/mol. The molecule has 20 heavy (non-hydrogen) atoms. The van der Waals surface area contributed by atoms with Crippen molar-refractivity contribution >= 4 is 22.9 Å². The van der Waals surface area contributed by atoms with Crippen LogP contribution in [0.1, 0.15) is 23.5 Å². The highest BCUT2D eigenvalue weighted by Gasteiger charge is 2.12. The van der Waals surface area contributed by atoms with Crippen molar-refractivity contribution in [2.24, 2.45) is 0 Å². The van der Waals surface area contributed by atoms with Gasteiger partial charge in [-0.3, -0.25) is 0 Å². The molecule has 1 atom stereocenters. The summed E-state index contributed by atoms with van der Waals surface area (Å²) in [5, 5.41) is 6.50. The number of nitrogens with zero attached hydrogens (tertiary/aromatic N) is 1. The van der Waals surface area contributed by atoms with E-state index < -0.39 is 6.61 Å². The lowest BCUT2D eigenvalue weighted by atomic mass is 10.2. The van der Waals surface area contributed by atoms with Crippen molar-refractivity contribution in [2.75, 3.05) is 0 Å². The van der Waals surface area contributed by atoms with Crippen molar-refractivity contribution in [1.29, 1.82) is 0 Å². The Kier molecular flexibility index (Phi) is 5.28. The summed E-state index contributed by atoms with van der Waals surface area (Å²) >= 11 is 7.42. The summed E-state index contributed by atoms with van der Waals surface area (Å²) < 4.78 is 29.2. The molecule has 2 rings (SSSR count). The first-order chi connectivity index (χ1) is 9.56. The first kappa shape index (κ1) is 15.2. The number of aromatic nitrogens is 1. The molecule has 0 bridgehead atoms. The third-order valence-electron chi connectivity index (χ3n) is 2.66. The molecule has 0 saturated carbocycles. The van der Waals surface area contributed by atoms with Gasteiger partial charge in [0.15, 0.2) is 0 Å². The van der Waals surface area contributed by atoms with Gasteiger partial charge < -0.3 is 10.1 Å². The van der Waals surface area contributed by atoms with E-state index in [0.717, 1.165) is 5.01 Å². The summed E-state index contributed by atoms with van der Waals surface area (Å²) in [5.41, 5.74) is 0.584. The smallest absolute Gasteiger partial charge is 0.387 e. The highest BCUT2D eigenvalue weighted by Crippen LogP contribution is 2.25. The molecule has 2 aromatic rings. The summed E-state index contributed by atoms with van der Waals surface area (Å²) in [6.45, 7) is -0.535. The van der Waals surface area contributed by atoms with Crippen molar-refractivity contribution < 1.29 is 13.5 Å². The van der Waals surface area contributed by atoms with E-state index in [0.29, 0.717) is 17.1 Å². The number of ether oxygens (including phenoxy) is 1. The third kappa shape index (κ3) is 4.13. The lowest BCUT2D eigenvalue weighted by Gasteiger charge is -2.14. The van der Waals surface area contributed by atoms with Crippen molar-refractivity contribution in [3.05, 3.63) is 45.4 Å². The largest absolute Gasteiger partial charge is 0.434 e. The summed E-state index contributed by atoms with van der Waals surface area (Å²) in [7, 11) is 0. The van der Waals surface area contributed by atoms with Crippen molar-refractivity contribution in [1.82, 2.24) is 10.3 Å².